The van der Waals surface area contributed by atoms with Crippen LogP contribution >= 0.6 is 34.4 Å². The van der Waals surface area contributed by atoms with Crippen molar-refractivity contribution in [3.8, 4) is 0 Å². The van der Waals surface area contributed by atoms with Gasteiger partial charge in [0.25, 0.3) is 0 Å². The summed E-state index contributed by atoms with van der Waals surface area (Å²) in [4.78, 5) is 12.0. The van der Waals surface area contributed by atoms with E-state index in [0.717, 1.165) is 0 Å². The van der Waals surface area contributed by atoms with Crippen LogP contribution in [0.15, 0.2) is 12.5 Å². The van der Waals surface area contributed by atoms with E-state index in [1.165, 1.54) is 10.4 Å². The SMILES string of the molecule is Cln1cnc2cnc(I)nc21. The van der Waals surface area contributed by atoms with Crippen molar-refractivity contribution >= 4 is 45.5 Å². The molecule has 0 saturated carbocycles. The molecule has 0 aliphatic heterocycles. The van der Waals surface area contributed by atoms with Gasteiger partial charge in [0.1, 0.15) is 11.8 Å². The minimum Gasteiger partial charge on any atom is -0.232 e. The highest BCUT2D eigenvalue weighted by molar-refractivity contribution is 14.1. The van der Waals surface area contributed by atoms with Crippen molar-refractivity contribution in [2.24, 2.45) is 0 Å². The van der Waals surface area contributed by atoms with E-state index in [1.54, 1.807) is 6.20 Å². The molecule has 4 nitrogen and oxygen atoms in total. The van der Waals surface area contributed by atoms with E-state index in [2.05, 4.69) is 15.0 Å². The average Bonchev–Trinajstić information content (AvgIpc) is 2.33. The molecular formula is C5H2ClIN4. The third-order valence-corrected chi connectivity index (χ3v) is 1.99. The second-order valence-corrected chi connectivity index (χ2v) is 3.23. The molecule has 2 aromatic heterocycles. The molecule has 0 saturated heterocycles. The average molecular weight is 280 g/mol. The van der Waals surface area contributed by atoms with Crippen LogP contribution in [0.2, 0.25) is 0 Å². The van der Waals surface area contributed by atoms with Crippen molar-refractivity contribution in [3.63, 3.8) is 0 Å². The van der Waals surface area contributed by atoms with E-state index in [1.807, 2.05) is 22.6 Å². The van der Waals surface area contributed by atoms with Crippen molar-refractivity contribution in [1.29, 1.82) is 0 Å². The van der Waals surface area contributed by atoms with Crippen LogP contribution in [-0.2, 0) is 0 Å². The fourth-order valence-corrected chi connectivity index (χ4v) is 1.30. The molecule has 0 N–H and O–H groups in total. The van der Waals surface area contributed by atoms with Crippen LogP contribution in [0.3, 0.4) is 0 Å². The minimum absolute atomic E-state index is 0.645. The maximum atomic E-state index is 5.71. The summed E-state index contributed by atoms with van der Waals surface area (Å²) in [6.45, 7) is 0. The summed E-state index contributed by atoms with van der Waals surface area (Å²) in [5.74, 6) is 0. The van der Waals surface area contributed by atoms with Crippen molar-refractivity contribution in [2.45, 2.75) is 0 Å². The van der Waals surface area contributed by atoms with Crippen molar-refractivity contribution in [1.82, 2.24) is 19.0 Å². The van der Waals surface area contributed by atoms with Gasteiger partial charge in [0.2, 0.25) is 0 Å². The highest BCUT2D eigenvalue weighted by atomic mass is 127. The molecule has 0 aliphatic rings. The predicted molar refractivity (Wildman–Crippen MR) is 49.3 cm³/mol. The van der Waals surface area contributed by atoms with Gasteiger partial charge in [-0.2, -0.15) is 0 Å². The zero-order chi connectivity index (χ0) is 7.84. The molecular weight excluding hydrogens is 278 g/mol. The van der Waals surface area contributed by atoms with Gasteiger partial charge < -0.3 is 0 Å². The number of imidazole rings is 1. The number of hydrogen-bond acceptors (Lipinski definition) is 3. The summed E-state index contributed by atoms with van der Waals surface area (Å²) in [7, 11) is 0. The van der Waals surface area contributed by atoms with Crippen LogP contribution in [0.5, 0.6) is 0 Å². The van der Waals surface area contributed by atoms with Gasteiger partial charge in [0.05, 0.1) is 6.20 Å². The van der Waals surface area contributed by atoms with E-state index < -0.39 is 0 Å². The smallest absolute Gasteiger partial charge is 0.192 e. The number of fused-ring (bicyclic) bond motifs is 1. The van der Waals surface area contributed by atoms with Crippen LogP contribution in [0, 0.1) is 3.83 Å². The topological polar surface area (TPSA) is 43.6 Å². The van der Waals surface area contributed by atoms with E-state index in [4.69, 9.17) is 11.8 Å². The first-order chi connectivity index (χ1) is 5.27. The Kier molecular flexibility index (Phi) is 1.68. The van der Waals surface area contributed by atoms with Crippen LogP contribution in [0.1, 0.15) is 0 Å². The number of halogens is 2. The van der Waals surface area contributed by atoms with Crippen LogP contribution in [-0.4, -0.2) is 19.0 Å². The van der Waals surface area contributed by atoms with E-state index in [0.29, 0.717) is 15.0 Å². The van der Waals surface area contributed by atoms with Crippen molar-refractivity contribution < 1.29 is 0 Å². The first-order valence-electron chi connectivity index (χ1n) is 2.79. The molecule has 0 aromatic carbocycles. The van der Waals surface area contributed by atoms with Gasteiger partial charge in [-0.25, -0.2) is 19.0 Å². The first-order valence-corrected chi connectivity index (χ1v) is 4.21. The number of rotatable bonds is 0. The molecule has 0 bridgehead atoms. The van der Waals surface area contributed by atoms with Gasteiger partial charge in [-0.15, -0.1) is 0 Å². The highest BCUT2D eigenvalue weighted by Gasteiger charge is 2.02. The zero-order valence-corrected chi connectivity index (χ0v) is 8.11. The van der Waals surface area contributed by atoms with Crippen LogP contribution in [0.25, 0.3) is 11.2 Å². The molecule has 2 heterocycles. The standard InChI is InChI=1S/C5H2ClIN4/c6-11-2-9-3-1-8-5(7)10-4(3)11/h1-2H. The van der Waals surface area contributed by atoms with Crippen molar-refractivity contribution in [3.05, 3.63) is 16.4 Å². The maximum Gasteiger partial charge on any atom is 0.192 e. The molecule has 0 fully saturated rings. The molecule has 0 amide bonds. The molecule has 0 aliphatic carbocycles. The molecule has 0 atom stereocenters. The molecule has 56 valence electrons. The largest absolute Gasteiger partial charge is 0.232 e. The highest BCUT2D eigenvalue weighted by Crippen LogP contribution is 2.10. The van der Waals surface area contributed by atoms with Gasteiger partial charge >= 0.3 is 0 Å². The van der Waals surface area contributed by atoms with Crippen LogP contribution in [0.4, 0.5) is 0 Å². The van der Waals surface area contributed by atoms with Gasteiger partial charge in [0.15, 0.2) is 9.48 Å². The molecule has 0 spiro atoms. The molecule has 2 aromatic rings. The van der Waals surface area contributed by atoms with Crippen molar-refractivity contribution in [2.75, 3.05) is 0 Å². The Hall–Kier alpha value is -0.430. The summed E-state index contributed by atoms with van der Waals surface area (Å²) in [5.41, 5.74) is 1.35. The third kappa shape index (κ3) is 1.18. The Labute approximate surface area is 80.9 Å². The molecule has 0 radical (unpaired) electrons. The Bertz CT molecular complexity index is 398. The summed E-state index contributed by atoms with van der Waals surface area (Å²) in [5, 5.41) is 0. The fourth-order valence-electron chi connectivity index (χ4n) is 0.762. The Morgan fingerprint density at radius 3 is 3.09 bits per heavy atom. The second-order valence-electron chi connectivity index (χ2n) is 1.90. The zero-order valence-electron chi connectivity index (χ0n) is 5.20. The van der Waals surface area contributed by atoms with Gasteiger partial charge in [-0.05, 0) is 0 Å². The molecule has 6 heteroatoms. The van der Waals surface area contributed by atoms with E-state index in [-0.39, 0.29) is 0 Å². The monoisotopic (exact) mass is 280 g/mol. The first kappa shape index (κ1) is 7.23. The number of hydrogen-bond donors (Lipinski definition) is 0. The second kappa shape index (κ2) is 2.56. The summed E-state index contributed by atoms with van der Waals surface area (Å²) in [6, 6.07) is 0. The lowest BCUT2D eigenvalue weighted by Crippen LogP contribution is -1.88. The number of aromatic nitrogens is 4. The minimum atomic E-state index is 0.645. The third-order valence-electron chi connectivity index (χ3n) is 1.22. The quantitative estimate of drug-likeness (QED) is 0.542. The number of nitrogens with zero attached hydrogens (tertiary/aromatic N) is 4. The Balaban J connectivity index is 2.87. The lowest BCUT2D eigenvalue weighted by molar-refractivity contribution is 1.12. The Morgan fingerprint density at radius 1 is 1.45 bits per heavy atom. The Morgan fingerprint density at radius 2 is 2.27 bits per heavy atom. The molecule has 11 heavy (non-hydrogen) atoms. The molecule has 2 rings (SSSR count). The lowest BCUT2D eigenvalue weighted by Gasteiger charge is -1.89. The summed E-state index contributed by atoms with van der Waals surface area (Å²) >= 11 is 7.73. The summed E-state index contributed by atoms with van der Waals surface area (Å²) in [6.07, 6.45) is 3.14. The molecule has 0 unspecified atom stereocenters. The summed E-state index contributed by atoms with van der Waals surface area (Å²) < 4.78 is 2.01. The van der Waals surface area contributed by atoms with E-state index >= 15 is 0 Å². The van der Waals surface area contributed by atoms with Gasteiger partial charge in [-0.3, -0.25) is 0 Å². The maximum absolute atomic E-state index is 5.71. The van der Waals surface area contributed by atoms with Gasteiger partial charge in [0, 0.05) is 34.4 Å². The lowest BCUT2D eigenvalue weighted by atomic mass is 10.6. The predicted octanol–water partition coefficient (Wildman–Crippen LogP) is 1.43. The van der Waals surface area contributed by atoms with E-state index in [9.17, 15) is 0 Å². The van der Waals surface area contributed by atoms with Gasteiger partial charge in [-0.1, -0.05) is 0 Å². The van der Waals surface area contributed by atoms with Crippen LogP contribution < -0.4 is 0 Å². The fraction of sp³-hybridized carbons (Fsp3) is 0. The normalized spacial score (nSPS) is 10.7.